The third-order valence-corrected chi connectivity index (χ3v) is 5.84. The molecule has 1 aromatic carbocycles. The number of rotatable bonds is 8. The molecule has 0 saturated carbocycles. The van der Waals surface area contributed by atoms with Crippen molar-refractivity contribution in [2.75, 3.05) is 76.1 Å². The van der Waals surface area contributed by atoms with Crippen molar-refractivity contribution in [3.8, 4) is 5.88 Å². The Morgan fingerprint density at radius 3 is 2.50 bits per heavy atom. The summed E-state index contributed by atoms with van der Waals surface area (Å²) in [4.78, 5) is 9.31. The van der Waals surface area contributed by atoms with Gasteiger partial charge in [-0.3, -0.25) is 10.3 Å². The summed E-state index contributed by atoms with van der Waals surface area (Å²) in [6.45, 7) is 12.3. The molecule has 32 heavy (non-hydrogen) atoms. The van der Waals surface area contributed by atoms with Crippen LogP contribution in [0.5, 0.6) is 5.88 Å². The van der Waals surface area contributed by atoms with Gasteiger partial charge in [-0.05, 0) is 43.2 Å². The fourth-order valence-corrected chi connectivity index (χ4v) is 3.74. The van der Waals surface area contributed by atoms with E-state index in [1.807, 2.05) is 18.2 Å². The van der Waals surface area contributed by atoms with Gasteiger partial charge in [-0.2, -0.15) is 5.10 Å². The third-order valence-electron chi connectivity index (χ3n) is 5.84. The molecule has 0 aliphatic carbocycles. The fourth-order valence-electron chi connectivity index (χ4n) is 3.74. The van der Waals surface area contributed by atoms with Crippen LogP contribution in [-0.4, -0.2) is 81.9 Å². The van der Waals surface area contributed by atoms with Gasteiger partial charge < -0.3 is 19.1 Å². The summed E-state index contributed by atoms with van der Waals surface area (Å²) in [5, 5.41) is 4.41. The van der Waals surface area contributed by atoms with Crippen LogP contribution in [0.15, 0.2) is 35.4 Å². The molecule has 8 heteroatoms. The lowest BCUT2D eigenvalue weighted by Gasteiger charge is -2.29. The first kappa shape index (κ1) is 22.5. The molecule has 172 valence electrons. The lowest BCUT2D eigenvalue weighted by atomic mass is 10.1. The van der Waals surface area contributed by atoms with E-state index in [0.717, 1.165) is 76.2 Å². The minimum atomic E-state index is 0.594. The molecule has 2 aliphatic rings. The van der Waals surface area contributed by atoms with Crippen LogP contribution in [0.2, 0.25) is 0 Å². The Labute approximate surface area is 190 Å². The number of ether oxygens (including phenoxy) is 3. The van der Waals surface area contributed by atoms with Crippen molar-refractivity contribution in [2.45, 2.75) is 13.8 Å². The van der Waals surface area contributed by atoms with Gasteiger partial charge in [0, 0.05) is 44.5 Å². The molecule has 1 N–H and O–H groups in total. The number of aryl methyl sites for hydroxylation is 2. The van der Waals surface area contributed by atoms with Crippen molar-refractivity contribution in [1.82, 2.24) is 9.88 Å². The Hall–Kier alpha value is -2.68. The van der Waals surface area contributed by atoms with Crippen molar-refractivity contribution < 1.29 is 14.2 Å². The molecule has 2 aliphatic heterocycles. The maximum Gasteiger partial charge on any atom is 0.215 e. The Balaban J connectivity index is 1.44. The zero-order valence-electron chi connectivity index (χ0n) is 19.0. The van der Waals surface area contributed by atoms with Crippen molar-refractivity contribution in [2.24, 2.45) is 5.10 Å². The first-order valence-electron chi connectivity index (χ1n) is 11.3. The molecule has 0 unspecified atom stereocenters. The van der Waals surface area contributed by atoms with Gasteiger partial charge in [0.15, 0.2) is 0 Å². The van der Waals surface area contributed by atoms with Crippen molar-refractivity contribution in [3.63, 3.8) is 0 Å². The van der Waals surface area contributed by atoms with E-state index in [2.05, 4.69) is 51.3 Å². The van der Waals surface area contributed by atoms with Crippen LogP contribution >= 0.6 is 0 Å². The second kappa shape index (κ2) is 11.3. The summed E-state index contributed by atoms with van der Waals surface area (Å²) in [5.41, 5.74) is 8.39. The first-order chi connectivity index (χ1) is 15.7. The topological polar surface area (TPSA) is 71.5 Å². The molecular formula is C24H33N5O3. The Kier molecular flexibility index (Phi) is 7.92. The van der Waals surface area contributed by atoms with Gasteiger partial charge in [0.1, 0.15) is 6.61 Å². The van der Waals surface area contributed by atoms with Crippen molar-refractivity contribution in [3.05, 3.63) is 47.2 Å². The highest BCUT2D eigenvalue weighted by atomic mass is 16.5. The summed E-state index contributed by atoms with van der Waals surface area (Å²) in [7, 11) is 0. The molecule has 3 heterocycles. The van der Waals surface area contributed by atoms with E-state index in [9.17, 15) is 0 Å². The highest BCUT2D eigenvalue weighted by molar-refractivity contribution is 5.80. The summed E-state index contributed by atoms with van der Waals surface area (Å²) in [6.07, 6.45) is 1.74. The molecule has 2 aromatic rings. The number of hydrogen-bond acceptors (Lipinski definition) is 8. The maximum absolute atomic E-state index is 6.04. The molecular weight excluding hydrogens is 406 g/mol. The van der Waals surface area contributed by atoms with Gasteiger partial charge in [-0.15, -0.1) is 0 Å². The highest BCUT2D eigenvalue weighted by Gasteiger charge is 2.15. The predicted octanol–water partition coefficient (Wildman–Crippen LogP) is 2.69. The first-order valence-corrected chi connectivity index (χ1v) is 11.3. The van der Waals surface area contributed by atoms with Gasteiger partial charge in [0.05, 0.1) is 44.0 Å². The largest absolute Gasteiger partial charge is 0.476 e. The minimum Gasteiger partial charge on any atom is -0.476 e. The molecule has 2 saturated heterocycles. The van der Waals surface area contributed by atoms with Crippen LogP contribution in [-0.2, 0) is 9.47 Å². The van der Waals surface area contributed by atoms with E-state index >= 15 is 0 Å². The Morgan fingerprint density at radius 1 is 1.00 bits per heavy atom. The van der Waals surface area contributed by atoms with E-state index in [1.165, 1.54) is 11.1 Å². The Morgan fingerprint density at radius 2 is 1.75 bits per heavy atom. The highest BCUT2D eigenvalue weighted by Crippen LogP contribution is 2.22. The second-order valence-corrected chi connectivity index (χ2v) is 8.16. The zero-order chi connectivity index (χ0) is 22.2. The van der Waals surface area contributed by atoms with Crippen molar-refractivity contribution in [1.29, 1.82) is 0 Å². The minimum absolute atomic E-state index is 0.594. The molecule has 0 radical (unpaired) electrons. The average molecular weight is 440 g/mol. The number of nitrogens with zero attached hydrogens (tertiary/aromatic N) is 4. The second-order valence-electron chi connectivity index (χ2n) is 8.16. The van der Waals surface area contributed by atoms with Gasteiger partial charge in [0.25, 0.3) is 0 Å². The summed E-state index contributed by atoms with van der Waals surface area (Å²) in [6, 6.07) is 10.3. The number of hydrazone groups is 1. The molecule has 2 fully saturated rings. The quantitative estimate of drug-likeness (QED) is 0.501. The van der Waals surface area contributed by atoms with Gasteiger partial charge in [0.2, 0.25) is 5.88 Å². The van der Waals surface area contributed by atoms with E-state index in [0.29, 0.717) is 12.5 Å². The van der Waals surface area contributed by atoms with Crippen LogP contribution < -0.4 is 15.1 Å². The number of morpholine rings is 2. The lowest BCUT2D eigenvalue weighted by Crippen LogP contribution is -2.38. The van der Waals surface area contributed by atoms with Gasteiger partial charge in [-0.25, -0.2) is 4.98 Å². The molecule has 0 bridgehead atoms. The molecule has 8 nitrogen and oxygen atoms in total. The molecule has 0 atom stereocenters. The van der Waals surface area contributed by atoms with Crippen LogP contribution in [0.25, 0.3) is 0 Å². The summed E-state index contributed by atoms with van der Waals surface area (Å²) in [5.74, 6) is 0.620. The normalized spacial score (nSPS) is 17.6. The SMILES string of the molecule is Cc1ccc(N/N=C/c2cc(N3CCOCC3)cc(OCCN3CCOCC3)n2)cc1C. The summed E-state index contributed by atoms with van der Waals surface area (Å²) >= 11 is 0. The van der Waals surface area contributed by atoms with Crippen LogP contribution in [0.3, 0.4) is 0 Å². The van der Waals surface area contributed by atoms with E-state index in [1.54, 1.807) is 6.21 Å². The number of hydrogen-bond donors (Lipinski definition) is 1. The third kappa shape index (κ3) is 6.41. The van der Waals surface area contributed by atoms with E-state index < -0.39 is 0 Å². The number of pyridine rings is 1. The van der Waals surface area contributed by atoms with Gasteiger partial charge in [-0.1, -0.05) is 6.07 Å². The molecule has 1 aromatic heterocycles. The number of nitrogens with one attached hydrogen (secondary N) is 1. The van der Waals surface area contributed by atoms with Crippen LogP contribution in [0, 0.1) is 13.8 Å². The number of benzene rings is 1. The lowest BCUT2D eigenvalue weighted by molar-refractivity contribution is 0.0320. The van der Waals surface area contributed by atoms with Crippen molar-refractivity contribution >= 4 is 17.6 Å². The van der Waals surface area contributed by atoms with Crippen LogP contribution in [0.1, 0.15) is 16.8 Å². The number of aromatic nitrogens is 1. The molecule has 4 rings (SSSR count). The summed E-state index contributed by atoms with van der Waals surface area (Å²) < 4.78 is 17.0. The Bertz CT molecular complexity index is 909. The van der Waals surface area contributed by atoms with E-state index in [-0.39, 0.29) is 0 Å². The zero-order valence-corrected chi connectivity index (χ0v) is 19.0. The standard InChI is InChI=1S/C24H33N5O3/c1-19-3-4-21(15-20(19)2)27-25-18-22-16-23(29-8-12-31-13-9-29)17-24(26-22)32-14-7-28-5-10-30-11-6-28/h3-4,15-18,27H,5-14H2,1-2H3/b25-18+. The average Bonchev–Trinajstić information content (AvgIpc) is 2.83. The predicted molar refractivity (Wildman–Crippen MR) is 127 cm³/mol. The van der Waals surface area contributed by atoms with Gasteiger partial charge >= 0.3 is 0 Å². The monoisotopic (exact) mass is 439 g/mol. The molecule has 0 spiro atoms. The number of anilines is 2. The molecule has 0 amide bonds. The smallest absolute Gasteiger partial charge is 0.215 e. The maximum atomic E-state index is 6.04. The fraction of sp³-hybridized carbons (Fsp3) is 0.500. The van der Waals surface area contributed by atoms with Crippen LogP contribution in [0.4, 0.5) is 11.4 Å². The van der Waals surface area contributed by atoms with E-state index in [4.69, 9.17) is 14.2 Å².